The first-order valence-corrected chi connectivity index (χ1v) is 16.6. The predicted molar refractivity (Wildman–Crippen MR) is 168 cm³/mol. The summed E-state index contributed by atoms with van der Waals surface area (Å²) >= 11 is 0. The minimum Gasteiger partial charge on any atom is -0.304 e. The van der Waals surface area contributed by atoms with Gasteiger partial charge in [0.25, 0.3) is 0 Å². The SMILES string of the molecule is F[P-](F)(F)(F)(F)F.Fc1c[c-]c(-c2ccc(C(F)(F)F)cn2)c(F)c1.Fc1c[c-]c(-c2ccc(C(F)(F)F)cn2)c(F)c1.Fc1ccnc(-c2cc(F)ccn2)c1.[Ir+3]. The van der Waals surface area contributed by atoms with E-state index in [0.717, 1.165) is 36.4 Å². The molecular weight excluding hydrogens is 1030 g/mol. The van der Waals surface area contributed by atoms with Crippen molar-refractivity contribution in [2.24, 2.45) is 0 Å². The van der Waals surface area contributed by atoms with E-state index in [4.69, 9.17) is 0 Å². The number of hydrogen-bond donors (Lipinski definition) is 0. The fourth-order valence-electron chi connectivity index (χ4n) is 3.79. The van der Waals surface area contributed by atoms with Crippen LogP contribution in [0.2, 0.25) is 0 Å². The molecule has 2 aromatic carbocycles. The predicted octanol–water partition coefficient (Wildman–Crippen LogP) is 13.5. The monoisotopic (exact) mass is 1050 g/mol. The quantitative estimate of drug-likeness (QED) is 0.101. The molecule has 6 rings (SSSR count). The van der Waals surface area contributed by atoms with Crippen molar-refractivity contribution in [3.8, 4) is 33.9 Å². The maximum absolute atomic E-state index is 13.3. The zero-order chi connectivity index (χ0) is 43.0. The Morgan fingerprint density at radius 1 is 0.431 bits per heavy atom. The van der Waals surface area contributed by atoms with Crippen molar-refractivity contribution in [3.63, 3.8) is 0 Å². The Morgan fingerprint density at radius 2 is 0.759 bits per heavy atom. The maximum Gasteiger partial charge on any atom is 3.00 e. The molecule has 0 unspecified atom stereocenters. The second-order valence-corrected chi connectivity index (χ2v) is 12.5. The van der Waals surface area contributed by atoms with E-state index in [2.05, 4.69) is 32.1 Å². The van der Waals surface area contributed by atoms with E-state index in [9.17, 15) is 77.9 Å². The van der Waals surface area contributed by atoms with Crippen molar-refractivity contribution in [2.75, 3.05) is 0 Å². The van der Waals surface area contributed by atoms with Crippen LogP contribution in [-0.4, -0.2) is 19.9 Å². The van der Waals surface area contributed by atoms with Gasteiger partial charge >= 0.3 is 65.4 Å². The molecule has 0 amide bonds. The molecule has 0 radical (unpaired) electrons. The minimum absolute atomic E-state index is 0. The van der Waals surface area contributed by atoms with Crippen molar-refractivity contribution in [1.82, 2.24) is 19.9 Å². The van der Waals surface area contributed by atoms with E-state index < -0.39 is 66.2 Å². The number of nitrogens with zero attached hydrogens (tertiary/aromatic N) is 4. The molecule has 0 atom stereocenters. The summed E-state index contributed by atoms with van der Waals surface area (Å²) < 4.78 is 210. The molecule has 0 spiro atoms. The van der Waals surface area contributed by atoms with Gasteiger partial charge < -0.3 is 9.97 Å². The summed E-state index contributed by atoms with van der Waals surface area (Å²) in [5, 5.41) is 0. The Morgan fingerprint density at radius 3 is 1.00 bits per heavy atom. The van der Waals surface area contributed by atoms with Crippen LogP contribution in [0, 0.1) is 47.0 Å². The molecule has 0 N–H and O–H groups in total. The molecule has 0 aliphatic rings. The molecule has 4 nitrogen and oxygen atoms in total. The first-order chi connectivity index (χ1) is 26.0. The van der Waals surface area contributed by atoms with Crippen LogP contribution in [0.15, 0.2) is 97.6 Å². The topological polar surface area (TPSA) is 51.6 Å². The first-order valence-electron chi connectivity index (χ1n) is 14.6. The molecule has 4 heterocycles. The van der Waals surface area contributed by atoms with Crippen LogP contribution >= 0.6 is 7.81 Å². The van der Waals surface area contributed by atoms with Crippen LogP contribution in [-0.2, 0) is 32.5 Å². The number of halogens is 18. The Hall–Kier alpha value is -5.14. The summed E-state index contributed by atoms with van der Waals surface area (Å²) in [6.07, 6.45) is -5.19. The third kappa shape index (κ3) is 17.6. The molecule has 312 valence electrons. The van der Waals surface area contributed by atoms with Crippen LogP contribution in [0.1, 0.15) is 11.1 Å². The van der Waals surface area contributed by atoms with Crippen molar-refractivity contribution in [3.05, 3.63) is 156 Å². The Balaban J connectivity index is 0.000000277. The fourth-order valence-corrected chi connectivity index (χ4v) is 3.79. The summed E-state index contributed by atoms with van der Waals surface area (Å²) in [5.74, 6) is -4.32. The van der Waals surface area contributed by atoms with Gasteiger partial charge in [-0.1, -0.05) is 47.5 Å². The van der Waals surface area contributed by atoms with Gasteiger partial charge in [0, 0.05) is 60.2 Å². The summed E-state index contributed by atoms with van der Waals surface area (Å²) in [4.78, 5) is 14.7. The summed E-state index contributed by atoms with van der Waals surface area (Å²) in [7, 11) is -10.7. The van der Waals surface area contributed by atoms with Gasteiger partial charge in [0.2, 0.25) is 0 Å². The van der Waals surface area contributed by atoms with Gasteiger partial charge in [0.15, 0.2) is 0 Å². The van der Waals surface area contributed by atoms with E-state index in [1.807, 2.05) is 0 Å². The third-order valence-electron chi connectivity index (χ3n) is 6.12. The molecular formula is C34H16F18IrN4P. The molecule has 0 aliphatic heterocycles. The smallest absolute Gasteiger partial charge is 0.304 e. The zero-order valence-corrected chi connectivity index (χ0v) is 30.9. The zero-order valence-electron chi connectivity index (χ0n) is 27.6. The van der Waals surface area contributed by atoms with E-state index in [0.29, 0.717) is 35.9 Å². The van der Waals surface area contributed by atoms with Crippen LogP contribution in [0.25, 0.3) is 33.9 Å². The van der Waals surface area contributed by atoms with Gasteiger partial charge in [-0.2, -0.15) is 26.3 Å². The third-order valence-corrected chi connectivity index (χ3v) is 6.12. The number of rotatable bonds is 3. The molecule has 0 aliphatic carbocycles. The van der Waals surface area contributed by atoms with Gasteiger partial charge in [-0.05, 0) is 23.5 Å². The summed E-state index contributed by atoms with van der Waals surface area (Å²) in [6, 6.07) is 16.0. The van der Waals surface area contributed by atoms with Crippen LogP contribution < -0.4 is 0 Å². The largest absolute Gasteiger partial charge is 3.00 e. The van der Waals surface area contributed by atoms with Crippen LogP contribution in [0.4, 0.5) is 77.9 Å². The standard InChI is InChI=1S/2C12H5F5N.C10H6F2N2.F6P.Ir/c2*13-8-2-3-9(10(14)5-8)11-4-1-7(6-18-11)12(15,16)17;11-7-1-3-13-9(5-7)10-6-8(12)2-4-14-10;1-7(2,3,4,5)6;/h2*1-2,4-6H;1-6H;;/q2*-1;;-1;+3. The summed E-state index contributed by atoms with van der Waals surface area (Å²) in [6.45, 7) is 0. The van der Waals surface area contributed by atoms with E-state index in [-0.39, 0.29) is 42.6 Å². The van der Waals surface area contributed by atoms with Gasteiger partial charge in [-0.25, -0.2) is 8.78 Å². The van der Waals surface area contributed by atoms with Gasteiger partial charge in [0.1, 0.15) is 11.6 Å². The Kier molecular flexibility index (Phi) is 15.4. The molecule has 0 saturated heterocycles. The fraction of sp³-hybridized carbons (Fsp3) is 0.0588. The van der Waals surface area contributed by atoms with Crippen LogP contribution in [0.3, 0.4) is 0 Å². The maximum atomic E-state index is 13.3. The molecule has 6 aromatic rings. The van der Waals surface area contributed by atoms with E-state index in [1.165, 1.54) is 36.7 Å². The normalized spacial score (nSPS) is 12.4. The first kappa shape index (κ1) is 49.0. The molecule has 0 saturated carbocycles. The van der Waals surface area contributed by atoms with Gasteiger partial charge in [-0.15, -0.1) is 24.3 Å². The van der Waals surface area contributed by atoms with Crippen LogP contribution in [0.5, 0.6) is 0 Å². The molecule has 0 fully saturated rings. The van der Waals surface area contributed by atoms with Crippen molar-refractivity contribution in [1.29, 1.82) is 0 Å². The van der Waals surface area contributed by atoms with E-state index >= 15 is 0 Å². The average molecular weight is 1050 g/mol. The second-order valence-electron chi connectivity index (χ2n) is 10.6. The van der Waals surface area contributed by atoms with E-state index in [1.54, 1.807) is 0 Å². The van der Waals surface area contributed by atoms with Crippen molar-refractivity contribution >= 4 is 7.81 Å². The average Bonchev–Trinajstić information content (AvgIpc) is 3.07. The number of alkyl halides is 6. The second kappa shape index (κ2) is 18.2. The number of aromatic nitrogens is 4. The molecule has 24 heteroatoms. The number of hydrogen-bond acceptors (Lipinski definition) is 4. The van der Waals surface area contributed by atoms with Gasteiger partial charge in [0.05, 0.1) is 22.5 Å². The van der Waals surface area contributed by atoms with Gasteiger partial charge in [-0.3, -0.25) is 27.5 Å². The minimum atomic E-state index is -10.7. The van der Waals surface area contributed by atoms with Crippen molar-refractivity contribution in [2.45, 2.75) is 12.4 Å². The number of benzene rings is 2. The Bertz CT molecular complexity index is 2130. The summed E-state index contributed by atoms with van der Waals surface area (Å²) in [5.41, 5.74) is -1.66. The van der Waals surface area contributed by atoms with Crippen molar-refractivity contribution < 1.29 is 98.0 Å². The number of pyridine rings is 4. The molecule has 4 aromatic heterocycles. The molecule has 0 bridgehead atoms. The molecule has 58 heavy (non-hydrogen) atoms. The Labute approximate surface area is 327 Å².